The summed E-state index contributed by atoms with van der Waals surface area (Å²) in [5, 5.41) is 0.620. The second kappa shape index (κ2) is 9.19. The van der Waals surface area contributed by atoms with Crippen LogP contribution in [-0.2, 0) is 4.74 Å². The molecule has 0 saturated heterocycles. The summed E-state index contributed by atoms with van der Waals surface area (Å²) in [4.78, 5) is 46.5. The lowest BCUT2D eigenvalue weighted by molar-refractivity contribution is 0.0584. The number of rotatable bonds is 4. The van der Waals surface area contributed by atoms with Crippen LogP contribution in [0.2, 0.25) is 0 Å². The molecule has 7 nitrogen and oxygen atoms in total. The number of benzene rings is 2. The first kappa shape index (κ1) is 23.9. The van der Waals surface area contributed by atoms with Gasteiger partial charge in [0.1, 0.15) is 5.60 Å². The van der Waals surface area contributed by atoms with Crippen molar-refractivity contribution in [1.29, 1.82) is 0 Å². The predicted molar refractivity (Wildman–Crippen MR) is 136 cm³/mol. The lowest BCUT2D eigenvalue weighted by Crippen LogP contribution is -2.37. The van der Waals surface area contributed by atoms with Gasteiger partial charge in [-0.25, -0.2) is 9.69 Å². The Labute approximate surface area is 210 Å². The van der Waals surface area contributed by atoms with Crippen LogP contribution in [-0.4, -0.2) is 35.0 Å². The normalized spacial score (nSPS) is 13.6. The summed E-state index contributed by atoms with van der Waals surface area (Å²) in [6, 6.07) is 11.8. The van der Waals surface area contributed by atoms with Crippen LogP contribution in [0.4, 0.5) is 16.2 Å². The fourth-order valence-corrected chi connectivity index (χ4v) is 4.42. The summed E-state index contributed by atoms with van der Waals surface area (Å²) in [5.74, 6) is -0.907. The Balaban J connectivity index is 1.93. The first-order valence-electron chi connectivity index (χ1n) is 10.4. The molecule has 0 radical (unpaired) electrons. The maximum atomic E-state index is 13.2. The highest BCUT2D eigenvalue weighted by molar-refractivity contribution is 9.10. The number of anilines is 2. The molecular formula is C25H21BrClN3O4. The van der Waals surface area contributed by atoms with Gasteiger partial charge >= 0.3 is 6.09 Å². The number of fused-ring (bicyclic) bond motifs is 2. The maximum absolute atomic E-state index is 13.2. The van der Waals surface area contributed by atoms with Crippen molar-refractivity contribution in [3.8, 4) is 0 Å². The van der Waals surface area contributed by atoms with Gasteiger partial charge in [-0.05, 0) is 67.0 Å². The molecule has 1 aliphatic rings. The SMILES string of the molecule is CC(C)(C)OC(=O)N(C/C=C\Cl)c1cc(N2C(=O)c3ccccc3C2=O)c2ncccc2c1Br. The first-order chi connectivity index (χ1) is 16.1. The third-order valence-corrected chi connectivity index (χ3v) is 6.11. The Kier molecular flexibility index (Phi) is 6.47. The van der Waals surface area contributed by atoms with Crippen molar-refractivity contribution in [2.24, 2.45) is 0 Å². The summed E-state index contributed by atoms with van der Waals surface area (Å²) in [7, 11) is 0. The highest BCUT2D eigenvalue weighted by Gasteiger charge is 2.38. The molecule has 0 atom stereocenters. The Hall–Kier alpha value is -3.23. The van der Waals surface area contributed by atoms with E-state index in [4.69, 9.17) is 16.3 Å². The van der Waals surface area contributed by atoms with Gasteiger partial charge in [0.15, 0.2) is 0 Å². The van der Waals surface area contributed by atoms with E-state index in [1.165, 1.54) is 10.4 Å². The Morgan fingerprint density at radius 2 is 1.79 bits per heavy atom. The van der Waals surface area contributed by atoms with E-state index in [1.54, 1.807) is 75.5 Å². The molecule has 4 rings (SSSR count). The van der Waals surface area contributed by atoms with E-state index >= 15 is 0 Å². The number of carbonyl (C=O) groups excluding carboxylic acids is 3. The molecule has 0 bridgehead atoms. The monoisotopic (exact) mass is 541 g/mol. The van der Waals surface area contributed by atoms with E-state index in [0.717, 1.165) is 4.90 Å². The van der Waals surface area contributed by atoms with E-state index in [1.807, 2.05) is 0 Å². The second-order valence-electron chi connectivity index (χ2n) is 8.57. The molecule has 174 valence electrons. The zero-order valence-corrected chi connectivity index (χ0v) is 21.1. The predicted octanol–water partition coefficient (Wildman–Crippen LogP) is 6.29. The largest absolute Gasteiger partial charge is 0.443 e. The summed E-state index contributed by atoms with van der Waals surface area (Å²) in [6.45, 7) is 5.41. The molecule has 0 spiro atoms. The van der Waals surface area contributed by atoms with Crippen LogP contribution >= 0.6 is 27.5 Å². The number of hydrogen-bond donors (Lipinski definition) is 0. The second-order valence-corrected chi connectivity index (χ2v) is 9.62. The van der Waals surface area contributed by atoms with E-state index < -0.39 is 23.5 Å². The Morgan fingerprint density at radius 1 is 1.15 bits per heavy atom. The van der Waals surface area contributed by atoms with Gasteiger partial charge < -0.3 is 4.74 Å². The molecule has 1 aliphatic heterocycles. The number of carbonyl (C=O) groups is 3. The van der Waals surface area contributed by atoms with Crippen LogP contribution in [0.1, 0.15) is 41.5 Å². The van der Waals surface area contributed by atoms with Crippen LogP contribution in [0.15, 0.2) is 64.7 Å². The number of halogens is 2. The number of ether oxygens (including phenoxy) is 1. The summed E-state index contributed by atoms with van der Waals surface area (Å²) in [6.07, 6.45) is 2.56. The zero-order chi connectivity index (χ0) is 24.6. The fourth-order valence-electron chi connectivity index (χ4n) is 3.69. The van der Waals surface area contributed by atoms with Crippen molar-refractivity contribution in [1.82, 2.24) is 4.98 Å². The van der Waals surface area contributed by atoms with Crippen molar-refractivity contribution >= 4 is 67.7 Å². The van der Waals surface area contributed by atoms with Crippen LogP contribution < -0.4 is 9.80 Å². The molecule has 0 fully saturated rings. The lowest BCUT2D eigenvalue weighted by Gasteiger charge is -2.29. The van der Waals surface area contributed by atoms with Crippen LogP contribution in [0, 0.1) is 0 Å². The minimum absolute atomic E-state index is 0.102. The van der Waals surface area contributed by atoms with E-state index in [-0.39, 0.29) is 12.2 Å². The molecule has 3 aromatic rings. The van der Waals surface area contributed by atoms with Gasteiger partial charge in [-0.2, -0.15) is 0 Å². The molecule has 0 aliphatic carbocycles. The van der Waals surface area contributed by atoms with Crippen molar-refractivity contribution < 1.29 is 19.1 Å². The van der Waals surface area contributed by atoms with Gasteiger partial charge in [0.05, 0.1) is 32.5 Å². The zero-order valence-electron chi connectivity index (χ0n) is 18.7. The number of aromatic nitrogens is 1. The molecule has 2 aromatic carbocycles. The Bertz CT molecular complexity index is 1310. The highest BCUT2D eigenvalue weighted by Crippen LogP contribution is 2.42. The van der Waals surface area contributed by atoms with Crippen molar-refractivity contribution in [2.75, 3.05) is 16.3 Å². The minimum atomic E-state index is -0.740. The molecule has 34 heavy (non-hydrogen) atoms. The van der Waals surface area contributed by atoms with Gasteiger partial charge in [-0.1, -0.05) is 29.8 Å². The van der Waals surface area contributed by atoms with Gasteiger partial charge in [-0.15, -0.1) is 0 Å². The van der Waals surface area contributed by atoms with Crippen LogP contribution in [0.5, 0.6) is 0 Å². The Morgan fingerprint density at radius 3 is 2.38 bits per heavy atom. The van der Waals surface area contributed by atoms with Gasteiger partial charge in [0.2, 0.25) is 0 Å². The average molecular weight is 543 g/mol. The standard InChI is InChI=1S/C25H21BrClN3O4/c1-25(2,3)34-24(33)29(13-7-11-27)18-14-19(21-17(20(18)26)10-6-12-28-21)30-22(31)15-8-4-5-9-16(15)23(30)32/h4-12,14H,13H2,1-3H3/b11-7-. The van der Waals surface area contributed by atoms with E-state index in [9.17, 15) is 14.4 Å². The van der Waals surface area contributed by atoms with Gasteiger partial charge in [0.25, 0.3) is 11.8 Å². The summed E-state index contributed by atoms with van der Waals surface area (Å²) in [5.41, 5.74) is 2.30. The molecule has 0 saturated carbocycles. The number of nitrogens with zero attached hydrogens (tertiary/aromatic N) is 3. The van der Waals surface area contributed by atoms with Crippen molar-refractivity contribution in [3.63, 3.8) is 0 Å². The highest BCUT2D eigenvalue weighted by atomic mass is 79.9. The van der Waals surface area contributed by atoms with Crippen molar-refractivity contribution in [3.05, 3.63) is 75.9 Å². The van der Waals surface area contributed by atoms with Crippen LogP contribution in [0.25, 0.3) is 10.9 Å². The molecule has 0 N–H and O–H groups in total. The number of hydrogen-bond acceptors (Lipinski definition) is 5. The molecule has 3 amide bonds. The van der Waals surface area contributed by atoms with Crippen molar-refractivity contribution in [2.45, 2.75) is 26.4 Å². The third kappa shape index (κ3) is 4.31. The number of pyridine rings is 1. The van der Waals surface area contributed by atoms with Gasteiger partial charge in [0, 0.05) is 23.7 Å². The quantitative estimate of drug-likeness (QED) is 0.362. The molecular weight excluding hydrogens is 522 g/mol. The average Bonchev–Trinajstić information content (AvgIpc) is 3.05. The maximum Gasteiger partial charge on any atom is 0.415 e. The van der Waals surface area contributed by atoms with Gasteiger partial charge in [-0.3, -0.25) is 19.5 Å². The van der Waals surface area contributed by atoms with E-state index in [0.29, 0.717) is 32.2 Å². The van der Waals surface area contributed by atoms with E-state index in [2.05, 4.69) is 20.9 Å². The topological polar surface area (TPSA) is 79.8 Å². The smallest absolute Gasteiger partial charge is 0.415 e. The first-order valence-corrected chi connectivity index (χ1v) is 11.7. The molecule has 1 aromatic heterocycles. The lowest BCUT2D eigenvalue weighted by atomic mass is 10.1. The molecule has 2 heterocycles. The fraction of sp³-hybridized carbons (Fsp3) is 0.200. The summed E-state index contributed by atoms with van der Waals surface area (Å²) >= 11 is 9.34. The number of amides is 3. The number of imide groups is 1. The van der Waals surface area contributed by atoms with Crippen LogP contribution in [0.3, 0.4) is 0 Å². The summed E-state index contributed by atoms with van der Waals surface area (Å²) < 4.78 is 6.16. The third-order valence-electron chi connectivity index (χ3n) is 5.10. The molecule has 9 heteroatoms. The minimum Gasteiger partial charge on any atom is -0.443 e. The molecule has 0 unspecified atom stereocenters.